The van der Waals surface area contributed by atoms with Crippen molar-refractivity contribution in [2.24, 2.45) is 0 Å². The molecule has 1 rings (SSSR count). The van der Waals surface area contributed by atoms with E-state index in [0.717, 1.165) is 4.90 Å². The van der Waals surface area contributed by atoms with Crippen LogP contribution in [0.15, 0.2) is 23.4 Å². The Hall–Kier alpha value is -1.23. The van der Waals surface area contributed by atoms with Gasteiger partial charge in [0.15, 0.2) is 0 Å². The fourth-order valence-electron chi connectivity index (χ4n) is 0.963. The van der Waals surface area contributed by atoms with E-state index >= 15 is 0 Å². The Morgan fingerprint density at radius 1 is 1.79 bits per heavy atom. The number of rotatable bonds is 4. The zero-order valence-electron chi connectivity index (χ0n) is 7.80. The highest BCUT2D eigenvalue weighted by atomic mass is 32.2. The van der Waals surface area contributed by atoms with Gasteiger partial charge in [0.1, 0.15) is 5.25 Å². The molecule has 0 spiro atoms. The second-order valence-electron chi connectivity index (χ2n) is 2.77. The minimum atomic E-state index is -0.811. The van der Waals surface area contributed by atoms with E-state index < -0.39 is 11.2 Å². The standard InChI is InChI=1S/C9H12N2O2S/c1-2-7(9(12)13)14-8-3-4-11-5-6(8)10/h3-5,7H,2,10H2,1H3,(H,12,13). The summed E-state index contributed by atoms with van der Waals surface area (Å²) in [6, 6.07) is 1.73. The first-order chi connectivity index (χ1) is 6.65. The number of hydrogen-bond acceptors (Lipinski definition) is 4. The summed E-state index contributed by atoms with van der Waals surface area (Å²) < 4.78 is 0. The van der Waals surface area contributed by atoms with E-state index in [2.05, 4.69) is 4.98 Å². The number of pyridine rings is 1. The molecular formula is C9H12N2O2S. The van der Waals surface area contributed by atoms with Crippen LogP contribution in [0.25, 0.3) is 0 Å². The lowest BCUT2D eigenvalue weighted by Gasteiger charge is -2.10. The number of carboxylic acids is 1. The van der Waals surface area contributed by atoms with Gasteiger partial charge >= 0.3 is 5.97 Å². The second-order valence-corrected chi connectivity index (χ2v) is 4.01. The average molecular weight is 212 g/mol. The van der Waals surface area contributed by atoms with Gasteiger partial charge in [0.25, 0.3) is 0 Å². The SMILES string of the molecule is CCC(Sc1ccncc1N)C(=O)O. The maximum Gasteiger partial charge on any atom is 0.316 e. The molecular weight excluding hydrogens is 200 g/mol. The van der Waals surface area contributed by atoms with Crippen molar-refractivity contribution >= 4 is 23.4 Å². The molecule has 0 aromatic carbocycles. The molecule has 0 saturated heterocycles. The summed E-state index contributed by atoms with van der Waals surface area (Å²) in [6.45, 7) is 1.84. The summed E-state index contributed by atoms with van der Waals surface area (Å²) in [5, 5.41) is 8.40. The van der Waals surface area contributed by atoms with Gasteiger partial charge in [0.2, 0.25) is 0 Å². The van der Waals surface area contributed by atoms with E-state index in [1.54, 1.807) is 12.3 Å². The molecule has 0 amide bonds. The van der Waals surface area contributed by atoms with Crippen molar-refractivity contribution in [3.8, 4) is 0 Å². The molecule has 4 nitrogen and oxygen atoms in total. The number of nitrogen functional groups attached to an aromatic ring is 1. The molecule has 5 heteroatoms. The van der Waals surface area contributed by atoms with Crippen LogP contribution >= 0.6 is 11.8 Å². The number of carbonyl (C=O) groups is 1. The Labute approximate surface area is 86.5 Å². The molecule has 1 aromatic rings. The number of thioether (sulfide) groups is 1. The topological polar surface area (TPSA) is 76.2 Å². The first kappa shape index (κ1) is 10.8. The molecule has 1 aromatic heterocycles. The molecule has 0 bridgehead atoms. The van der Waals surface area contributed by atoms with E-state index in [1.807, 2.05) is 6.92 Å². The van der Waals surface area contributed by atoms with Gasteiger partial charge in [-0.3, -0.25) is 9.78 Å². The Bertz CT molecular complexity index is 330. The highest BCUT2D eigenvalue weighted by molar-refractivity contribution is 8.00. The Balaban J connectivity index is 2.77. The van der Waals surface area contributed by atoms with Crippen molar-refractivity contribution in [2.75, 3.05) is 5.73 Å². The minimum Gasteiger partial charge on any atom is -0.480 e. The molecule has 0 fully saturated rings. The van der Waals surface area contributed by atoms with Crippen molar-refractivity contribution in [3.63, 3.8) is 0 Å². The maximum absolute atomic E-state index is 10.8. The Morgan fingerprint density at radius 2 is 2.50 bits per heavy atom. The van der Waals surface area contributed by atoms with Crippen LogP contribution in [0, 0.1) is 0 Å². The molecule has 14 heavy (non-hydrogen) atoms. The molecule has 0 aliphatic carbocycles. The van der Waals surface area contributed by atoms with Crippen LogP contribution in [0.5, 0.6) is 0 Å². The van der Waals surface area contributed by atoms with Crippen LogP contribution in [-0.4, -0.2) is 21.3 Å². The fourth-order valence-corrected chi connectivity index (χ4v) is 1.87. The summed E-state index contributed by atoms with van der Waals surface area (Å²) in [5.74, 6) is -0.811. The molecule has 0 saturated carbocycles. The summed E-state index contributed by atoms with van der Waals surface area (Å²) in [7, 11) is 0. The first-order valence-corrected chi connectivity index (χ1v) is 5.12. The summed E-state index contributed by atoms with van der Waals surface area (Å²) >= 11 is 1.26. The van der Waals surface area contributed by atoms with Crippen molar-refractivity contribution in [1.82, 2.24) is 4.98 Å². The van der Waals surface area contributed by atoms with E-state index in [-0.39, 0.29) is 0 Å². The number of hydrogen-bond donors (Lipinski definition) is 2. The summed E-state index contributed by atoms with van der Waals surface area (Å²) in [6.07, 6.45) is 3.70. The molecule has 1 unspecified atom stereocenters. The normalized spacial score (nSPS) is 12.4. The molecule has 76 valence electrons. The largest absolute Gasteiger partial charge is 0.480 e. The predicted octanol–water partition coefficient (Wildman–Crippen LogP) is 1.62. The van der Waals surface area contributed by atoms with Crippen LogP contribution in [-0.2, 0) is 4.79 Å². The lowest BCUT2D eigenvalue weighted by atomic mass is 10.3. The van der Waals surface area contributed by atoms with Crippen LogP contribution in [0.3, 0.4) is 0 Å². The summed E-state index contributed by atoms with van der Waals surface area (Å²) in [5.41, 5.74) is 6.17. The van der Waals surface area contributed by atoms with Gasteiger partial charge < -0.3 is 10.8 Å². The van der Waals surface area contributed by atoms with Crippen LogP contribution in [0.1, 0.15) is 13.3 Å². The molecule has 1 atom stereocenters. The number of carboxylic acid groups (broad SMARTS) is 1. The van der Waals surface area contributed by atoms with E-state index in [9.17, 15) is 4.79 Å². The third-order valence-electron chi connectivity index (χ3n) is 1.73. The van der Waals surface area contributed by atoms with Gasteiger partial charge in [-0.1, -0.05) is 6.92 Å². The van der Waals surface area contributed by atoms with Gasteiger partial charge in [-0.05, 0) is 12.5 Å². The zero-order chi connectivity index (χ0) is 10.6. The Morgan fingerprint density at radius 3 is 3.00 bits per heavy atom. The van der Waals surface area contributed by atoms with Crippen molar-refractivity contribution in [1.29, 1.82) is 0 Å². The van der Waals surface area contributed by atoms with E-state index in [4.69, 9.17) is 10.8 Å². The number of nitrogens with two attached hydrogens (primary N) is 1. The number of anilines is 1. The first-order valence-electron chi connectivity index (χ1n) is 4.24. The lowest BCUT2D eigenvalue weighted by Crippen LogP contribution is -2.14. The van der Waals surface area contributed by atoms with Gasteiger partial charge in [-0.15, -0.1) is 11.8 Å². The van der Waals surface area contributed by atoms with E-state index in [0.29, 0.717) is 12.1 Å². The molecule has 0 aliphatic heterocycles. The number of aromatic nitrogens is 1. The van der Waals surface area contributed by atoms with Crippen LogP contribution in [0.2, 0.25) is 0 Å². The monoisotopic (exact) mass is 212 g/mol. The third-order valence-corrected chi connectivity index (χ3v) is 3.17. The smallest absolute Gasteiger partial charge is 0.316 e. The summed E-state index contributed by atoms with van der Waals surface area (Å²) in [4.78, 5) is 15.4. The lowest BCUT2D eigenvalue weighted by molar-refractivity contribution is -0.136. The molecule has 0 radical (unpaired) electrons. The third kappa shape index (κ3) is 2.63. The van der Waals surface area contributed by atoms with Crippen molar-refractivity contribution in [3.05, 3.63) is 18.5 Å². The van der Waals surface area contributed by atoms with Gasteiger partial charge in [-0.2, -0.15) is 0 Å². The molecule has 3 N–H and O–H groups in total. The van der Waals surface area contributed by atoms with Gasteiger partial charge in [0.05, 0.1) is 11.9 Å². The Kier molecular flexibility index (Phi) is 3.76. The van der Waals surface area contributed by atoms with E-state index in [1.165, 1.54) is 18.0 Å². The molecule has 0 aliphatic rings. The van der Waals surface area contributed by atoms with Crippen molar-refractivity contribution in [2.45, 2.75) is 23.5 Å². The number of nitrogens with zero attached hydrogens (tertiary/aromatic N) is 1. The van der Waals surface area contributed by atoms with Gasteiger partial charge in [-0.25, -0.2) is 0 Å². The number of aliphatic carboxylic acids is 1. The highest BCUT2D eigenvalue weighted by Crippen LogP contribution is 2.29. The van der Waals surface area contributed by atoms with Gasteiger partial charge in [0, 0.05) is 11.1 Å². The van der Waals surface area contributed by atoms with Crippen LogP contribution in [0.4, 0.5) is 5.69 Å². The van der Waals surface area contributed by atoms with Crippen LogP contribution < -0.4 is 5.73 Å². The maximum atomic E-state index is 10.8. The second kappa shape index (κ2) is 4.85. The highest BCUT2D eigenvalue weighted by Gasteiger charge is 2.17. The zero-order valence-corrected chi connectivity index (χ0v) is 8.62. The van der Waals surface area contributed by atoms with Crippen molar-refractivity contribution < 1.29 is 9.90 Å². The minimum absolute atomic E-state index is 0.445. The predicted molar refractivity (Wildman–Crippen MR) is 56.2 cm³/mol. The fraction of sp³-hybridized carbons (Fsp3) is 0.333. The molecule has 1 heterocycles. The quantitative estimate of drug-likeness (QED) is 0.742. The average Bonchev–Trinajstić information content (AvgIpc) is 2.16.